The molecule has 0 spiro atoms. The Morgan fingerprint density at radius 1 is 1.23 bits per heavy atom. The Kier molecular flexibility index (Phi) is 10.9. The van der Waals surface area contributed by atoms with Crippen molar-refractivity contribution in [3.8, 4) is 12.8 Å². The summed E-state index contributed by atoms with van der Waals surface area (Å²) in [6.07, 6.45) is 8.78. The highest BCUT2D eigenvalue weighted by atomic mass is 16.5. The van der Waals surface area contributed by atoms with E-state index in [4.69, 9.17) is 9.84 Å². The Morgan fingerprint density at radius 3 is 2.00 bits per heavy atom. The minimum absolute atomic E-state index is 0.0359. The zero-order valence-corrected chi connectivity index (χ0v) is 8.60. The molecule has 1 heterocycles. The Bertz CT molecular complexity index is 113. The number of hydrogen-bond acceptors (Lipinski definition) is 3. The van der Waals surface area contributed by atoms with Gasteiger partial charge in [0.05, 0.1) is 12.2 Å². The highest BCUT2D eigenvalue weighted by Crippen LogP contribution is 2.19. The Hall–Kier alpha value is -0.560. The van der Waals surface area contributed by atoms with E-state index in [1.807, 2.05) is 6.92 Å². The summed E-state index contributed by atoms with van der Waals surface area (Å²) < 4.78 is 5.21. The van der Waals surface area contributed by atoms with E-state index in [2.05, 4.69) is 19.8 Å². The molecule has 1 saturated heterocycles. The first-order valence-electron chi connectivity index (χ1n) is 4.29. The summed E-state index contributed by atoms with van der Waals surface area (Å²) in [4.78, 5) is 0. The monoisotopic (exact) mass is 188 g/mol. The standard InChI is InChI=1S/C7H14O2.C2H2.CH4O/c1-5-3-4-9-6(2)7(5)8;2*1-2/h5-8H,3-4H2,1-2H3;1-2H;2H,1H3/t5-,6-,7+;;/m0../s1. The summed E-state index contributed by atoms with van der Waals surface area (Å²) in [7, 11) is 1.00. The van der Waals surface area contributed by atoms with Crippen LogP contribution in [-0.2, 0) is 4.74 Å². The van der Waals surface area contributed by atoms with Gasteiger partial charge < -0.3 is 14.9 Å². The molecule has 0 aromatic rings. The van der Waals surface area contributed by atoms with Gasteiger partial charge in [0, 0.05) is 13.7 Å². The Labute approximate surface area is 80.7 Å². The van der Waals surface area contributed by atoms with Gasteiger partial charge in [-0.2, -0.15) is 0 Å². The fraction of sp³-hybridized carbons (Fsp3) is 0.800. The molecule has 1 aliphatic heterocycles. The van der Waals surface area contributed by atoms with Crippen molar-refractivity contribution >= 4 is 0 Å². The topological polar surface area (TPSA) is 49.7 Å². The van der Waals surface area contributed by atoms with Gasteiger partial charge in [-0.05, 0) is 19.3 Å². The van der Waals surface area contributed by atoms with Crippen molar-refractivity contribution in [2.45, 2.75) is 32.5 Å². The molecule has 0 unspecified atom stereocenters. The predicted molar refractivity (Wildman–Crippen MR) is 53.2 cm³/mol. The molecule has 3 heteroatoms. The second kappa shape index (κ2) is 9.53. The summed E-state index contributed by atoms with van der Waals surface area (Å²) >= 11 is 0. The minimum Gasteiger partial charge on any atom is -0.400 e. The van der Waals surface area contributed by atoms with E-state index in [1.165, 1.54) is 0 Å². The van der Waals surface area contributed by atoms with Crippen molar-refractivity contribution in [2.75, 3.05) is 13.7 Å². The lowest BCUT2D eigenvalue weighted by atomic mass is 9.95. The van der Waals surface area contributed by atoms with E-state index in [1.54, 1.807) is 0 Å². The first-order valence-corrected chi connectivity index (χ1v) is 4.29. The van der Waals surface area contributed by atoms with E-state index in [-0.39, 0.29) is 12.2 Å². The lowest BCUT2D eigenvalue weighted by Gasteiger charge is -2.30. The lowest BCUT2D eigenvalue weighted by molar-refractivity contribution is -0.0911. The fourth-order valence-electron chi connectivity index (χ4n) is 1.17. The van der Waals surface area contributed by atoms with Crippen molar-refractivity contribution < 1.29 is 14.9 Å². The van der Waals surface area contributed by atoms with E-state index >= 15 is 0 Å². The van der Waals surface area contributed by atoms with Crippen LogP contribution in [0.25, 0.3) is 0 Å². The van der Waals surface area contributed by atoms with Crippen LogP contribution in [-0.4, -0.2) is 36.1 Å². The smallest absolute Gasteiger partial charge is 0.0825 e. The molecule has 13 heavy (non-hydrogen) atoms. The van der Waals surface area contributed by atoms with E-state index < -0.39 is 0 Å². The molecule has 1 fully saturated rings. The van der Waals surface area contributed by atoms with Crippen LogP contribution >= 0.6 is 0 Å². The second-order valence-electron chi connectivity index (χ2n) is 2.83. The van der Waals surface area contributed by atoms with Crippen LogP contribution in [0.4, 0.5) is 0 Å². The number of aliphatic hydroxyl groups excluding tert-OH is 2. The predicted octanol–water partition coefficient (Wildman–Crippen LogP) is 0.650. The molecule has 0 bridgehead atoms. The first kappa shape index (κ1) is 14.9. The normalized spacial score (nSPS) is 31.8. The van der Waals surface area contributed by atoms with Gasteiger partial charge in [-0.1, -0.05) is 6.92 Å². The van der Waals surface area contributed by atoms with Crippen LogP contribution in [0.2, 0.25) is 0 Å². The van der Waals surface area contributed by atoms with Gasteiger partial charge >= 0.3 is 0 Å². The molecule has 0 amide bonds. The number of terminal acetylenes is 1. The maximum Gasteiger partial charge on any atom is 0.0825 e. The molecular formula is C10H20O3. The van der Waals surface area contributed by atoms with Crippen LogP contribution in [0.3, 0.4) is 0 Å². The fourth-order valence-corrected chi connectivity index (χ4v) is 1.17. The van der Waals surface area contributed by atoms with Gasteiger partial charge in [0.2, 0.25) is 0 Å². The number of aliphatic hydroxyl groups is 2. The zero-order chi connectivity index (χ0) is 10.9. The summed E-state index contributed by atoms with van der Waals surface area (Å²) in [6, 6.07) is 0. The molecule has 0 aromatic heterocycles. The molecular weight excluding hydrogens is 168 g/mol. The van der Waals surface area contributed by atoms with Crippen molar-refractivity contribution in [3.63, 3.8) is 0 Å². The third-order valence-corrected chi connectivity index (χ3v) is 2.02. The van der Waals surface area contributed by atoms with E-state index in [9.17, 15) is 5.11 Å². The maximum absolute atomic E-state index is 9.32. The van der Waals surface area contributed by atoms with E-state index in [0.29, 0.717) is 5.92 Å². The van der Waals surface area contributed by atoms with Gasteiger partial charge in [0.15, 0.2) is 0 Å². The minimum atomic E-state index is -0.251. The number of rotatable bonds is 0. The molecule has 1 rings (SSSR count). The van der Waals surface area contributed by atoms with Gasteiger partial charge in [0.1, 0.15) is 0 Å². The Balaban J connectivity index is 0. The first-order chi connectivity index (χ1) is 6.22. The Morgan fingerprint density at radius 2 is 1.69 bits per heavy atom. The van der Waals surface area contributed by atoms with Gasteiger partial charge in [-0.25, -0.2) is 0 Å². The SMILES string of the molecule is C#C.CO.C[C@@H]1OCC[C@H](C)[C@H]1O. The van der Waals surface area contributed by atoms with Crippen LogP contribution in [0.5, 0.6) is 0 Å². The molecule has 0 aliphatic carbocycles. The third-order valence-electron chi connectivity index (χ3n) is 2.02. The third kappa shape index (κ3) is 5.64. The molecule has 78 valence electrons. The molecule has 0 saturated carbocycles. The van der Waals surface area contributed by atoms with Gasteiger partial charge in [0.25, 0.3) is 0 Å². The van der Waals surface area contributed by atoms with Crippen LogP contribution in [0.1, 0.15) is 20.3 Å². The van der Waals surface area contributed by atoms with Crippen LogP contribution < -0.4 is 0 Å². The molecule has 1 aliphatic rings. The summed E-state index contributed by atoms with van der Waals surface area (Å²) in [5.41, 5.74) is 0. The average Bonchev–Trinajstić information content (AvgIpc) is 2.20. The quantitative estimate of drug-likeness (QED) is 0.549. The van der Waals surface area contributed by atoms with Crippen molar-refractivity contribution in [1.82, 2.24) is 0 Å². The maximum atomic E-state index is 9.32. The van der Waals surface area contributed by atoms with Crippen LogP contribution in [0, 0.1) is 18.8 Å². The number of ether oxygens (including phenoxy) is 1. The highest BCUT2D eigenvalue weighted by molar-refractivity contribution is 4.74. The average molecular weight is 188 g/mol. The van der Waals surface area contributed by atoms with Gasteiger partial charge in [-0.15, -0.1) is 12.8 Å². The molecule has 0 radical (unpaired) electrons. The molecule has 0 aromatic carbocycles. The lowest BCUT2D eigenvalue weighted by Crippen LogP contribution is -2.37. The highest BCUT2D eigenvalue weighted by Gasteiger charge is 2.25. The van der Waals surface area contributed by atoms with Crippen molar-refractivity contribution in [1.29, 1.82) is 0 Å². The summed E-state index contributed by atoms with van der Waals surface area (Å²) in [5.74, 6) is 0.411. The van der Waals surface area contributed by atoms with Crippen molar-refractivity contribution in [3.05, 3.63) is 0 Å². The second-order valence-corrected chi connectivity index (χ2v) is 2.83. The van der Waals surface area contributed by atoms with Gasteiger partial charge in [-0.3, -0.25) is 0 Å². The molecule has 3 nitrogen and oxygen atoms in total. The van der Waals surface area contributed by atoms with Crippen molar-refractivity contribution in [2.24, 2.45) is 5.92 Å². The molecule has 2 N–H and O–H groups in total. The van der Waals surface area contributed by atoms with E-state index in [0.717, 1.165) is 20.1 Å². The number of hydrogen-bond donors (Lipinski definition) is 2. The largest absolute Gasteiger partial charge is 0.400 e. The van der Waals surface area contributed by atoms with Crippen LogP contribution in [0.15, 0.2) is 0 Å². The zero-order valence-electron chi connectivity index (χ0n) is 8.60. The molecule has 3 atom stereocenters. The summed E-state index contributed by atoms with van der Waals surface area (Å²) in [5, 5.41) is 16.3. The summed E-state index contributed by atoms with van der Waals surface area (Å²) in [6.45, 7) is 4.78.